The van der Waals surface area contributed by atoms with Crippen molar-refractivity contribution in [2.75, 3.05) is 12.4 Å². The van der Waals surface area contributed by atoms with Crippen LogP contribution in [0.3, 0.4) is 0 Å². The maximum atomic E-state index is 13.3. The van der Waals surface area contributed by atoms with Crippen LogP contribution < -0.4 is 14.8 Å². The van der Waals surface area contributed by atoms with E-state index in [1.165, 1.54) is 17.7 Å². The van der Waals surface area contributed by atoms with Crippen LogP contribution in [0.2, 0.25) is 5.02 Å². The number of nitrogens with one attached hydrogen (secondary N) is 1. The summed E-state index contributed by atoms with van der Waals surface area (Å²) in [7, 11) is 1.60. The van der Waals surface area contributed by atoms with Gasteiger partial charge in [-0.15, -0.1) is 0 Å². The summed E-state index contributed by atoms with van der Waals surface area (Å²) in [5.74, 6) is 0.843. The summed E-state index contributed by atoms with van der Waals surface area (Å²) < 4.78 is 25.7. The van der Waals surface area contributed by atoms with Crippen LogP contribution in [0.1, 0.15) is 16.7 Å². The van der Waals surface area contributed by atoms with Crippen molar-refractivity contribution >= 4 is 33.2 Å². The Labute approximate surface area is 177 Å². The van der Waals surface area contributed by atoms with Crippen LogP contribution in [0.5, 0.6) is 11.5 Å². The molecule has 0 saturated carbocycles. The first-order valence-corrected chi connectivity index (χ1v) is 9.87. The Hall–Kier alpha value is -2.24. The van der Waals surface area contributed by atoms with Gasteiger partial charge in [0.25, 0.3) is 0 Å². The Balaban J connectivity index is 1.83. The minimum Gasteiger partial charge on any atom is -0.493 e. The Morgan fingerprint density at radius 1 is 1.07 bits per heavy atom. The molecule has 0 fully saturated rings. The normalized spacial score (nSPS) is 10.6. The summed E-state index contributed by atoms with van der Waals surface area (Å²) in [6.45, 7) is 2.78. The minimum atomic E-state index is -0.378. The van der Waals surface area contributed by atoms with E-state index in [1.54, 1.807) is 13.2 Å². The second-order valence-electron chi connectivity index (χ2n) is 6.30. The number of halogens is 3. The lowest BCUT2D eigenvalue weighted by atomic mass is 10.1. The molecule has 0 aliphatic rings. The fourth-order valence-electron chi connectivity index (χ4n) is 2.72. The van der Waals surface area contributed by atoms with Gasteiger partial charge >= 0.3 is 0 Å². The highest BCUT2D eigenvalue weighted by molar-refractivity contribution is 9.10. The van der Waals surface area contributed by atoms with Crippen LogP contribution in [0.15, 0.2) is 59.1 Å². The molecule has 6 heteroatoms. The molecule has 0 aliphatic heterocycles. The lowest BCUT2D eigenvalue weighted by molar-refractivity contribution is 0.281. The Kier molecular flexibility index (Phi) is 6.81. The summed E-state index contributed by atoms with van der Waals surface area (Å²) in [4.78, 5) is 0. The summed E-state index contributed by atoms with van der Waals surface area (Å²) in [5.41, 5.74) is 3.82. The Morgan fingerprint density at radius 2 is 1.82 bits per heavy atom. The first-order valence-electron chi connectivity index (χ1n) is 8.70. The molecule has 146 valence electrons. The molecule has 3 aromatic carbocycles. The lowest BCUT2D eigenvalue weighted by Crippen LogP contribution is -2.06. The third-order valence-corrected chi connectivity index (χ3v) is 5.39. The average molecular weight is 465 g/mol. The van der Waals surface area contributed by atoms with E-state index in [9.17, 15) is 4.39 Å². The molecule has 3 aromatic rings. The second kappa shape index (κ2) is 9.30. The molecule has 0 heterocycles. The fourth-order valence-corrected chi connectivity index (χ4v) is 3.39. The number of benzene rings is 3. The van der Waals surface area contributed by atoms with Crippen molar-refractivity contribution in [3.05, 3.63) is 86.6 Å². The number of hydrogen-bond acceptors (Lipinski definition) is 3. The highest BCUT2D eigenvalue weighted by Crippen LogP contribution is 2.37. The van der Waals surface area contributed by atoms with Crippen molar-refractivity contribution in [1.29, 1.82) is 0 Å². The van der Waals surface area contributed by atoms with Crippen LogP contribution >= 0.6 is 27.5 Å². The number of methoxy groups -OCH3 is 1. The van der Waals surface area contributed by atoms with Gasteiger partial charge in [-0.2, -0.15) is 0 Å². The van der Waals surface area contributed by atoms with Crippen molar-refractivity contribution < 1.29 is 13.9 Å². The van der Waals surface area contributed by atoms with Gasteiger partial charge in [-0.3, -0.25) is 0 Å². The molecule has 28 heavy (non-hydrogen) atoms. The fraction of sp³-hybridized carbons (Fsp3) is 0.182. The molecular formula is C22H20BrClFNO2. The van der Waals surface area contributed by atoms with Gasteiger partial charge in [0, 0.05) is 27.8 Å². The molecule has 1 N–H and O–H groups in total. The van der Waals surface area contributed by atoms with E-state index in [0.717, 1.165) is 15.7 Å². The zero-order valence-electron chi connectivity index (χ0n) is 15.6. The Morgan fingerprint density at radius 3 is 2.50 bits per heavy atom. The largest absolute Gasteiger partial charge is 0.493 e. The number of anilines is 1. The minimum absolute atomic E-state index is 0.198. The van der Waals surface area contributed by atoms with Crippen molar-refractivity contribution in [3.63, 3.8) is 0 Å². The van der Waals surface area contributed by atoms with E-state index in [4.69, 9.17) is 21.1 Å². The molecule has 0 amide bonds. The van der Waals surface area contributed by atoms with Gasteiger partial charge in [-0.05, 0) is 43.3 Å². The average Bonchev–Trinajstić information content (AvgIpc) is 2.68. The van der Waals surface area contributed by atoms with Crippen LogP contribution in [-0.2, 0) is 13.2 Å². The van der Waals surface area contributed by atoms with E-state index in [2.05, 4.69) is 40.3 Å². The first-order chi connectivity index (χ1) is 13.5. The smallest absolute Gasteiger partial charge is 0.167 e. The number of aryl methyl sites for hydroxylation is 1. The van der Waals surface area contributed by atoms with E-state index in [0.29, 0.717) is 28.6 Å². The molecule has 0 unspecified atom stereocenters. The van der Waals surface area contributed by atoms with Crippen LogP contribution in [-0.4, -0.2) is 7.11 Å². The highest BCUT2D eigenvalue weighted by Gasteiger charge is 2.15. The van der Waals surface area contributed by atoms with Crippen molar-refractivity contribution in [3.8, 4) is 11.5 Å². The third-order valence-electron chi connectivity index (χ3n) is 4.30. The topological polar surface area (TPSA) is 30.5 Å². The first kappa shape index (κ1) is 20.5. The van der Waals surface area contributed by atoms with Gasteiger partial charge in [0.1, 0.15) is 12.4 Å². The Bertz CT molecular complexity index is 963. The zero-order chi connectivity index (χ0) is 20.1. The van der Waals surface area contributed by atoms with E-state index >= 15 is 0 Å². The van der Waals surface area contributed by atoms with Crippen molar-refractivity contribution in [2.24, 2.45) is 0 Å². The quantitative estimate of drug-likeness (QED) is 0.419. The highest BCUT2D eigenvalue weighted by atomic mass is 79.9. The molecule has 0 aromatic heterocycles. The van der Waals surface area contributed by atoms with Gasteiger partial charge in [0.05, 0.1) is 12.1 Å². The van der Waals surface area contributed by atoms with Crippen molar-refractivity contribution in [2.45, 2.75) is 20.1 Å². The molecule has 3 rings (SSSR count). The van der Waals surface area contributed by atoms with Crippen LogP contribution in [0, 0.1) is 12.7 Å². The van der Waals surface area contributed by atoms with Gasteiger partial charge in [-0.25, -0.2) is 4.39 Å². The maximum Gasteiger partial charge on any atom is 0.167 e. The predicted octanol–water partition coefficient (Wildman–Crippen LogP) is 6.75. The van der Waals surface area contributed by atoms with Gasteiger partial charge in [0.2, 0.25) is 0 Å². The second-order valence-corrected chi connectivity index (χ2v) is 7.56. The number of ether oxygens (including phenoxy) is 2. The number of rotatable bonds is 7. The molecule has 0 aliphatic carbocycles. The molecular weight excluding hydrogens is 445 g/mol. The van der Waals surface area contributed by atoms with Crippen LogP contribution in [0.25, 0.3) is 0 Å². The number of hydrogen-bond donors (Lipinski definition) is 1. The summed E-state index contributed by atoms with van der Waals surface area (Å²) in [5, 5.41) is 3.72. The molecule has 0 bridgehead atoms. The summed E-state index contributed by atoms with van der Waals surface area (Å²) in [6.07, 6.45) is 0. The third kappa shape index (κ3) is 4.97. The standard InChI is InChI=1S/C22H20BrClFNO2/c1-14-3-7-17(8-4-14)26-12-18-19(23)9-10-21(27-2)22(18)28-13-15-5-6-16(25)11-20(15)24/h3-11,26H,12-13H2,1-2H3. The van der Waals surface area contributed by atoms with E-state index < -0.39 is 0 Å². The van der Waals surface area contributed by atoms with Gasteiger partial charge < -0.3 is 14.8 Å². The zero-order valence-corrected chi connectivity index (χ0v) is 17.9. The molecule has 3 nitrogen and oxygen atoms in total. The SMILES string of the molecule is COc1ccc(Br)c(CNc2ccc(C)cc2)c1OCc1ccc(F)cc1Cl. The molecule has 0 saturated heterocycles. The summed E-state index contributed by atoms with van der Waals surface area (Å²) in [6, 6.07) is 16.2. The monoisotopic (exact) mass is 463 g/mol. The van der Waals surface area contributed by atoms with Crippen molar-refractivity contribution in [1.82, 2.24) is 0 Å². The maximum absolute atomic E-state index is 13.3. The lowest BCUT2D eigenvalue weighted by Gasteiger charge is -2.18. The predicted molar refractivity (Wildman–Crippen MR) is 115 cm³/mol. The molecule has 0 spiro atoms. The molecule has 0 radical (unpaired) electrons. The van der Waals surface area contributed by atoms with E-state index in [1.807, 2.05) is 24.3 Å². The van der Waals surface area contributed by atoms with Gasteiger partial charge in [-0.1, -0.05) is 51.3 Å². The summed E-state index contributed by atoms with van der Waals surface area (Å²) >= 11 is 9.72. The molecule has 0 atom stereocenters. The van der Waals surface area contributed by atoms with Crippen LogP contribution in [0.4, 0.5) is 10.1 Å². The van der Waals surface area contributed by atoms with Gasteiger partial charge in [0.15, 0.2) is 11.5 Å². The van der Waals surface area contributed by atoms with E-state index in [-0.39, 0.29) is 12.4 Å².